The van der Waals surface area contributed by atoms with E-state index in [1.54, 1.807) is 0 Å². The molecule has 1 saturated carbocycles. The Kier molecular flexibility index (Phi) is 4.16. The van der Waals surface area contributed by atoms with Crippen LogP contribution in [-0.4, -0.2) is 25.6 Å². The molecule has 0 radical (unpaired) electrons. The first-order valence-corrected chi connectivity index (χ1v) is 6.30. The first-order chi connectivity index (χ1) is 9.52. The lowest BCUT2D eigenvalue weighted by Gasteiger charge is -2.24. The molecular weight excluding hydrogens is 266 g/mol. The summed E-state index contributed by atoms with van der Waals surface area (Å²) < 4.78 is 27.2. The van der Waals surface area contributed by atoms with Gasteiger partial charge < -0.3 is 16.0 Å². The van der Waals surface area contributed by atoms with E-state index in [4.69, 9.17) is 5.73 Å². The number of aliphatic imine (C=N–C) groups is 1. The number of urea groups is 1. The van der Waals surface area contributed by atoms with E-state index in [0.717, 1.165) is 18.9 Å². The van der Waals surface area contributed by atoms with Gasteiger partial charge in [0.25, 0.3) is 0 Å². The Bertz CT molecular complexity index is 543. The average Bonchev–Trinajstić information content (AvgIpc) is 3.23. The SMILES string of the molecule is CNC(=O)N=C(N)N(CC1CC1)c1cccc(F)c1F. The minimum atomic E-state index is -0.997. The van der Waals surface area contributed by atoms with Crippen LogP contribution in [0.2, 0.25) is 0 Å². The van der Waals surface area contributed by atoms with Crippen LogP contribution < -0.4 is 16.0 Å². The second-order valence-corrected chi connectivity index (χ2v) is 4.65. The molecule has 0 atom stereocenters. The van der Waals surface area contributed by atoms with Crippen molar-refractivity contribution in [2.45, 2.75) is 12.8 Å². The van der Waals surface area contributed by atoms with E-state index in [2.05, 4.69) is 10.3 Å². The molecule has 2 rings (SSSR count). The van der Waals surface area contributed by atoms with Gasteiger partial charge in [0.15, 0.2) is 11.6 Å². The second-order valence-electron chi connectivity index (χ2n) is 4.65. The summed E-state index contributed by atoms with van der Waals surface area (Å²) in [7, 11) is 1.41. The van der Waals surface area contributed by atoms with Gasteiger partial charge >= 0.3 is 6.03 Å². The summed E-state index contributed by atoms with van der Waals surface area (Å²) in [5.74, 6) is -1.75. The maximum Gasteiger partial charge on any atom is 0.343 e. The van der Waals surface area contributed by atoms with E-state index < -0.39 is 17.7 Å². The molecule has 0 aliphatic heterocycles. The normalized spacial score (nSPS) is 15.1. The zero-order chi connectivity index (χ0) is 14.7. The molecule has 0 saturated heterocycles. The lowest BCUT2D eigenvalue weighted by molar-refractivity contribution is 0.251. The Hall–Kier alpha value is -2.18. The van der Waals surface area contributed by atoms with Crippen molar-refractivity contribution in [2.75, 3.05) is 18.5 Å². The van der Waals surface area contributed by atoms with Crippen molar-refractivity contribution in [3.05, 3.63) is 29.8 Å². The van der Waals surface area contributed by atoms with Crippen LogP contribution in [0.5, 0.6) is 0 Å². The highest BCUT2D eigenvalue weighted by Crippen LogP contribution is 2.32. The van der Waals surface area contributed by atoms with Crippen molar-refractivity contribution in [2.24, 2.45) is 16.6 Å². The predicted octanol–water partition coefficient (Wildman–Crippen LogP) is 1.84. The van der Waals surface area contributed by atoms with E-state index in [0.29, 0.717) is 12.5 Å². The fourth-order valence-corrected chi connectivity index (χ4v) is 1.80. The van der Waals surface area contributed by atoms with Crippen LogP contribution in [0.25, 0.3) is 0 Å². The molecule has 0 bridgehead atoms. The van der Waals surface area contributed by atoms with Gasteiger partial charge in [-0.25, -0.2) is 13.6 Å². The third kappa shape index (κ3) is 3.23. The number of nitrogens with one attached hydrogen (secondary N) is 1. The van der Waals surface area contributed by atoms with E-state index >= 15 is 0 Å². The summed E-state index contributed by atoms with van der Waals surface area (Å²) in [4.78, 5) is 16.2. The van der Waals surface area contributed by atoms with Crippen LogP contribution in [0.1, 0.15) is 12.8 Å². The van der Waals surface area contributed by atoms with Gasteiger partial charge in [-0.15, -0.1) is 0 Å². The molecular formula is C13H16F2N4O. The lowest BCUT2D eigenvalue weighted by atomic mass is 10.2. The van der Waals surface area contributed by atoms with Crippen LogP contribution in [0, 0.1) is 17.6 Å². The molecule has 20 heavy (non-hydrogen) atoms. The van der Waals surface area contributed by atoms with Gasteiger partial charge in [0, 0.05) is 13.6 Å². The van der Waals surface area contributed by atoms with Gasteiger partial charge in [-0.1, -0.05) is 6.07 Å². The van der Waals surface area contributed by atoms with Gasteiger partial charge in [0.1, 0.15) is 0 Å². The molecule has 5 nitrogen and oxygen atoms in total. The van der Waals surface area contributed by atoms with Crippen molar-refractivity contribution < 1.29 is 13.6 Å². The summed E-state index contributed by atoms with van der Waals surface area (Å²) in [5, 5.41) is 2.30. The molecule has 0 unspecified atom stereocenters. The van der Waals surface area contributed by atoms with Gasteiger partial charge in [-0.3, -0.25) is 0 Å². The highest BCUT2D eigenvalue weighted by Gasteiger charge is 2.28. The maximum atomic E-state index is 13.9. The van der Waals surface area contributed by atoms with Crippen molar-refractivity contribution in [3.8, 4) is 0 Å². The zero-order valence-electron chi connectivity index (χ0n) is 11.1. The number of benzene rings is 1. The molecule has 1 fully saturated rings. The quantitative estimate of drug-likeness (QED) is 0.656. The number of amides is 2. The number of nitrogens with two attached hydrogens (primary N) is 1. The Morgan fingerprint density at radius 2 is 2.20 bits per heavy atom. The standard InChI is InChI=1S/C13H16F2N4O/c1-17-13(20)18-12(16)19(7-8-5-6-8)10-4-2-3-9(14)11(10)15/h2-4,8H,5-7H2,1H3,(H3,16,17,18,20). The smallest absolute Gasteiger partial charge is 0.343 e. The number of anilines is 1. The number of carbonyl (C=O) groups is 1. The summed E-state index contributed by atoms with van der Waals surface area (Å²) in [6.07, 6.45) is 2.00. The highest BCUT2D eigenvalue weighted by atomic mass is 19.2. The van der Waals surface area contributed by atoms with Gasteiger partial charge in [0.2, 0.25) is 5.96 Å². The Morgan fingerprint density at radius 3 is 2.80 bits per heavy atom. The van der Waals surface area contributed by atoms with Crippen molar-refractivity contribution >= 4 is 17.7 Å². The molecule has 0 heterocycles. The molecule has 0 spiro atoms. The summed E-state index contributed by atoms with van der Waals surface area (Å²) in [6, 6.07) is 3.19. The van der Waals surface area contributed by atoms with Crippen LogP contribution in [0.15, 0.2) is 23.2 Å². The second kappa shape index (κ2) is 5.85. The number of hydrogen-bond donors (Lipinski definition) is 2. The van der Waals surface area contributed by atoms with E-state index in [1.807, 2.05) is 0 Å². The molecule has 108 valence electrons. The van der Waals surface area contributed by atoms with Crippen molar-refractivity contribution in [1.29, 1.82) is 0 Å². The number of halogens is 2. The van der Waals surface area contributed by atoms with E-state index in [-0.39, 0.29) is 11.6 Å². The first-order valence-electron chi connectivity index (χ1n) is 6.30. The average molecular weight is 282 g/mol. The zero-order valence-corrected chi connectivity index (χ0v) is 11.1. The molecule has 1 aromatic rings. The van der Waals surface area contributed by atoms with Gasteiger partial charge in [0.05, 0.1) is 5.69 Å². The molecule has 3 N–H and O–H groups in total. The number of nitrogens with zero attached hydrogens (tertiary/aromatic N) is 2. The first kappa shape index (κ1) is 14.2. The monoisotopic (exact) mass is 282 g/mol. The van der Waals surface area contributed by atoms with E-state index in [9.17, 15) is 13.6 Å². The summed E-state index contributed by atoms with van der Waals surface area (Å²) in [6.45, 7) is 0.409. The number of rotatable bonds is 3. The third-order valence-electron chi connectivity index (χ3n) is 3.07. The van der Waals surface area contributed by atoms with Gasteiger partial charge in [-0.05, 0) is 30.9 Å². The fraction of sp³-hybridized carbons (Fsp3) is 0.385. The molecule has 1 aliphatic rings. The minimum Gasteiger partial charge on any atom is -0.369 e. The van der Waals surface area contributed by atoms with Crippen LogP contribution in [0.3, 0.4) is 0 Å². The fourth-order valence-electron chi connectivity index (χ4n) is 1.80. The third-order valence-corrected chi connectivity index (χ3v) is 3.07. The lowest BCUT2D eigenvalue weighted by Crippen LogP contribution is -2.41. The molecule has 1 aromatic carbocycles. The van der Waals surface area contributed by atoms with Gasteiger partial charge in [-0.2, -0.15) is 4.99 Å². The Labute approximate surface area is 115 Å². The topological polar surface area (TPSA) is 70.7 Å². The Morgan fingerprint density at radius 1 is 1.50 bits per heavy atom. The van der Waals surface area contributed by atoms with Crippen LogP contribution in [-0.2, 0) is 0 Å². The highest BCUT2D eigenvalue weighted by molar-refractivity contribution is 6.01. The number of carbonyl (C=O) groups excluding carboxylic acids is 1. The van der Waals surface area contributed by atoms with Crippen LogP contribution in [0.4, 0.5) is 19.3 Å². The van der Waals surface area contributed by atoms with Crippen molar-refractivity contribution in [3.63, 3.8) is 0 Å². The molecule has 7 heteroatoms. The number of guanidine groups is 1. The maximum absolute atomic E-state index is 13.9. The largest absolute Gasteiger partial charge is 0.369 e. The molecule has 2 amide bonds. The summed E-state index contributed by atoms with van der Waals surface area (Å²) in [5.41, 5.74) is 5.74. The number of hydrogen-bond acceptors (Lipinski definition) is 1. The summed E-state index contributed by atoms with van der Waals surface area (Å²) >= 11 is 0. The van der Waals surface area contributed by atoms with Crippen molar-refractivity contribution in [1.82, 2.24) is 5.32 Å². The minimum absolute atomic E-state index is 0.0120. The van der Waals surface area contributed by atoms with Crippen LogP contribution >= 0.6 is 0 Å². The molecule has 0 aromatic heterocycles. The molecule has 1 aliphatic carbocycles. The Balaban J connectivity index is 2.33. The predicted molar refractivity (Wildman–Crippen MR) is 72.5 cm³/mol. The van der Waals surface area contributed by atoms with E-state index in [1.165, 1.54) is 24.1 Å².